The minimum Gasteiger partial charge on any atom is -0.391 e. The topological polar surface area (TPSA) is 66.4 Å². The first-order valence-corrected chi connectivity index (χ1v) is 9.00. The molecular weight excluding hydrogens is 332 g/mol. The second-order valence-electron chi connectivity index (χ2n) is 4.73. The molecular formula is C14H15F2NO3S2. The van der Waals surface area contributed by atoms with Gasteiger partial charge in [-0.05, 0) is 17.5 Å². The lowest BCUT2D eigenvalue weighted by atomic mass is 10.2. The minimum absolute atomic E-state index is 0.0125. The highest BCUT2D eigenvalue weighted by Crippen LogP contribution is 2.18. The van der Waals surface area contributed by atoms with Gasteiger partial charge in [0.05, 0.1) is 11.9 Å². The second-order valence-corrected chi connectivity index (χ2v) is 7.94. The quantitative estimate of drug-likeness (QED) is 0.803. The Kier molecular flexibility index (Phi) is 5.63. The molecule has 0 aliphatic rings. The van der Waals surface area contributed by atoms with E-state index < -0.39 is 33.3 Å². The summed E-state index contributed by atoms with van der Waals surface area (Å²) < 4.78 is 50.3. The predicted molar refractivity (Wildman–Crippen MR) is 80.4 cm³/mol. The molecule has 2 N–H and O–H groups in total. The van der Waals surface area contributed by atoms with Crippen LogP contribution in [-0.4, -0.2) is 31.9 Å². The van der Waals surface area contributed by atoms with Crippen molar-refractivity contribution in [3.63, 3.8) is 0 Å². The van der Waals surface area contributed by atoms with Gasteiger partial charge in [0.2, 0.25) is 0 Å². The van der Waals surface area contributed by atoms with Crippen molar-refractivity contribution < 1.29 is 22.3 Å². The van der Waals surface area contributed by atoms with Gasteiger partial charge in [0.25, 0.3) is 0 Å². The van der Waals surface area contributed by atoms with Gasteiger partial charge in [-0.25, -0.2) is 17.2 Å². The van der Waals surface area contributed by atoms with E-state index in [2.05, 4.69) is 5.32 Å². The van der Waals surface area contributed by atoms with Gasteiger partial charge in [-0.15, -0.1) is 11.3 Å². The van der Waals surface area contributed by atoms with Crippen molar-refractivity contribution >= 4 is 21.2 Å². The molecule has 2 aromatic rings. The maximum Gasteiger partial charge on any atom is 0.190 e. The first kappa shape index (κ1) is 17.0. The third-order valence-corrected chi connectivity index (χ3v) is 6.21. The zero-order valence-electron chi connectivity index (χ0n) is 11.5. The number of halogens is 2. The number of benzene rings is 1. The summed E-state index contributed by atoms with van der Waals surface area (Å²) in [5.41, 5.74) is 0.245. The van der Waals surface area contributed by atoms with Crippen molar-refractivity contribution in [2.45, 2.75) is 16.9 Å². The smallest absolute Gasteiger partial charge is 0.190 e. The summed E-state index contributed by atoms with van der Waals surface area (Å²) >= 11 is 1.09. The van der Waals surface area contributed by atoms with E-state index in [1.54, 1.807) is 11.4 Å². The molecule has 120 valence electrons. The zero-order chi connectivity index (χ0) is 16.2. The van der Waals surface area contributed by atoms with Crippen LogP contribution in [0.5, 0.6) is 0 Å². The normalized spacial score (nSPS) is 13.2. The lowest BCUT2D eigenvalue weighted by Crippen LogP contribution is -2.32. The molecule has 1 unspecified atom stereocenters. The van der Waals surface area contributed by atoms with E-state index in [0.29, 0.717) is 0 Å². The van der Waals surface area contributed by atoms with Gasteiger partial charge in [-0.3, -0.25) is 0 Å². The highest BCUT2D eigenvalue weighted by atomic mass is 32.2. The largest absolute Gasteiger partial charge is 0.391 e. The SMILES string of the molecule is O=S(=O)(CC(O)CNCc1ccc(F)cc1F)c1cccs1. The lowest BCUT2D eigenvalue weighted by Gasteiger charge is -2.12. The summed E-state index contributed by atoms with van der Waals surface area (Å²) in [7, 11) is -3.52. The van der Waals surface area contributed by atoms with Crippen LogP contribution in [0.25, 0.3) is 0 Å². The Morgan fingerprint density at radius 3 is 2.68 bits per heavy atom. The number of sulfone groups is 1. The third-order valence-electron chi connectivity index (χ3n) is 2.92. The average Bonchev–Trinajstić information content (AvgIpc) is 2.95. The van der Waals surface area contributed by atoms with Crippen LogP contribution >= 0.6 is 11.3 Å². The van der Waals surface area contributed by atoms with E-state index in [-0.39, 0.29) is 22.9 Å². The molecule has 0 amide bonds. The fourth-order valence-electron chi connectivity index (χ4n) is 1.87. The molecule has 0 fully saturated rings. The molecule has 0 bridgehead atoms. The summed E-state index contributed by atoms with van der Waals surface area (Å²) in [6.07, 6.45) is -1.12. The van der Waals surface area contributed by atoms with Crippen LogP contribution in [0.3, 0.4) is 0 Å². The Bertz CT molecular complexity index is 718. The van der Waals surface area contributed by atoms with Gasteiger partial charge < -0.3 is 10.4 Å². The monoisotopic (exact) mass is 347 g/mol. The number of aliphatic hydroxyl groups is 1. The molecule has 22 heavy (non-hydrogen) atoms. The summed E-state index contributed by atoms with van der Waals surface area (Å²) in [6.45, 7) is 0.0592. The molecule has 0 aliphatic carbocycles. The fourth-order valence-corrected chi connectivity index (χ4v) is 4.35. The van der Waals surface area contributed by atoms with Gasteiger partial charge in [-0.2, -0.15) is 0 Å². The molecule has 4 nitrogen and oxygen atoms in total. The molecule has 2 rings (SSSR count). The summed E-state index contributed by atoms with van der Waals surface area (Å²) in [5, 5.41) is 14.2. The van der Waals surface area contributed by atoms with E-state index in [1.807, 2.05) is 0 Å². The van der Waals surface area contributed by atoms with Crippen LogP contribution in [0, 0.1) is 11.6 Å². The molecule has 0 aliphatic heterocycles. The predicted octanol–water partition coefficient (Wildman–Crippen LogP) is 1.95. The molecule has 1 atom stereocenters. The molecule has 1 aromatic heterocycles. The Morgan fingerprint density at radius 2 is 2.05 bits per heavy atom. The first-order valence-electron chi connectivity index (χ1n) is 6.47. The van der Waals surface area contributed by atoms with Gasteiger partial charge in [0, 0.05) is 24.7 Å². The maximum atomic E-state index is 13.4. The van der Waals surface area contributed by atoms with Crippen molar-refractivity contribution in [2.24, 2.45) is 0 Å². The minimum atomic E-state index is -3.52. The number of hydrogen-bond donors (Lipinski definition) is 2. The van der Waals surface area contributed by atoms with E-state index in [4.69, 9.17) is 0 Å². The van der Waals surface area contributed by atoms with Crippen molar-refractivity contribution in [3.8, 4) is 0 Å². The van der Waals surface area contributed by atoms with Gasteiger partial charge in [0.15, 0.2) is 9.84 Å². The van der Waals surface area contributed by atoms with Gasteiger partial charge in [-0.1, -0.05) is 12.1 Å². The van der Waals surface area contributed by atoms with Crippen molar-refractivity contribution in [2.75, 3.05) is 12.3 Å². The first-order chi connectivity index (χ1) is 10.4. The Morgan fingerprint density at radius 1 is 1.27 bits per heavy atom. The van der Waals surface area contributed by atoms with Crippen LogP contribution in [0.1, 0.15) is 5.56 Å². The summed E-state index contributed by atoms with van der Waals surface area (Å²) in [4.78, 5) is 0. The standard InChI is InChI=1S/C14H15F2NO3S2/c15-11-4-3-10(13(16)6-11)7-17-8-12(18)9-22(19,20)14-2-1-5-21-14/h1-6,12,17-18H,7-9H2. The Balaban J connectivity index is 1.84. The Labute approximate surface area is 131 Å². The summed E-state index contributed by atoms with van der Waals surface area (Å²) in [6, 6.07) is 6.31. The summed E-state index contributed by atoms with van der Waals surface area (Å²) in [5.74, 6) is -1.76. The number of rotatable bonds is 7. The zero-order valence-corrected chi connectivity index (χ0v) is 13.1. The van der Waals surface area contributed by atoms with Crippen molar-refractivity contribution in [1.29, 1.82) is 0 Å². The highest BCUT2D eigenvalue weighted by Gasteiger charge is 2.20. The number of nitrogens with one attached hydrogen (secondary N) is 1. The lowest BCUT2D eigenvalue weighted by molar-refractivity contribution is 0.193. The number of hydrogen-bond acceptors (Lipinski definition) is 5. The van der Waals surface area contributed by atoms with Crippen molar-refractivity contribution in [3.05, 3.63) is 52.9 Å². The van der Waals surface area contributed by atoms with E-state index in [1.165, 1.54) is 12.1 Å². The molecule has 0 radical (unpaired) electrons. The van der Waals surface area contributed by atoms with Gasteiger partial charge in [0.1, 0.15) is 15.8 Å². The van der Waals surface area contributed by atoms with Crippen LogP contribution in [0.4, 0.5) is 8.78 Å². The highest BCUT2D eigenvalue weighted by molar-refractivity contribution is 7.93. The van der Waals surface area contributed by atoms with Crippen LogP contribution in [0.15, 0.2) is 39.9 Å². The molecule has 0 spiro atoms. The number of aliphatic hydroxyl groups excluding tert-OH is 1. The van der Waals surface area contributed by atoms with E-state index in [9.17, 15) is 22.3 Å². The molecule has 0 saturated heterocycles. The molecule has 1 heterocycles. The van der Waals surface area contributed by atoms with Crippen molar-refractivity contribution in [1.82, 2.24) is 5.32 Å². The van der Waals surface area contributed by atoms with Gasteiger partial charge >= 0.3 is 0 Å². The van der Waals surface area contributed by atoms with Crippen LogP contribution < -0.4 is 5.32 Å². The van der Waals surface area contributed by atoms with E-state index in [0.717, 1.165) is 23.5 Å². The van der Waals surface area contributed by atoms with E-state index >= 15 is 0 Å². The van der Waals surface area contributed by atoms with Crippen LogP contribution in [0.2, 0.25) is 0 Å². The molecule has 1 aromatic carbocycles. The average molecular weight is 347 g/mol. The maximum absolute atomic E-state index is 13.4. The third kappa shape index (κ3) is 4.57. The van der Waals surface area contributed by atoms with Crippen LogP contribution in [-0.2, 0) is 16.4 Å². The fraction of sp³-hybridized carbons (Fsp3) is 0.286. The Hall–Kier alpha value is -1.35. The molecule has 8 heteroatoms. The molecule has 0 saturated carbocycles. The second kappa shape index (κ2) is 7.28. The number of thiophene rings is 1.